The maximum absolute atomic E-state index is 4.05. The van der Waals surface area contributed by atoms with E-state index in [1.54, 1.807) is 11.3 Å². The van der Waals surface area contributed by atoms with Gasteiger partial charge in [-0.25, -0.2) is 0 Å². The number of fused-ring (bicyclic) bond motifs is 3. The average Bonchev–Trinajstić information content (AvgIpc) is 3.88. The molecule has 11 rings (SSSR count). The van der Waals surface area contributed by atoms with Gasteiger partial charge in [0, 0.05) is 59.8 Å². The van der Waals surface area contributed by atoms with Gasteiger partial charge < -0.3 is 9.80 Å². The van der Waals surface area contributed by atoms with Gasteiger partial charge in [0.05, 0.1) is 5.69 Å². The van der Waals surface area contributed by atoms with Gasteiger partial charge in [0.1, 0.15) is 0 Å². The van der Waals surface area contributed by atoms with E-state index in [2.05, 4.69) is 235 Å². The zero-order chi connectivity index (χ0) is 44.4. The number of thioether (sulfide) groups is 1. The number of rotatable bonds is 11. The van der Waals surface area contributed by atoms with Crippen LogP contribution in [0.4, 0.5) is 34.1 Å². The van der Waals surface area contributed by atoms with E-state index in [0.29, 0.717) is 0 Å². The number of nitrogens with zero attached hydrogens (tertiary/aromatic N) is 2. The molecule has 0 fully saturated rings. The summed E-state index contributed by atoms with van der Waals surface area (Å²) in [5, 5.41) is 2.44. The van der Waals surface area contributed by atoms with Crippen LogP contribution >= 0.6 is 23.1 Å². The highest BCUT2D eigenvalue weighted by Gasteiger charge is 2.26. The van der Waals surface area contributed by atoms with Crippen molar-refractivity contribution in [2.24, 2.45) is 0 Å². The van der Waals surface area contributed by atoms with Crippen molar-refractivity contribution in [3.05, 3.63) is 271 Å². The first kappa shape index (κ1) is 41.1. The molecule has 0 atom stereocenters. The van der Waals surface area contributed by atoms with E-state index in [4.69, 9.17) is 0 Å². The van der Waals surface area contributed by atoms with Crippen LogP contribution in [0, 0.1) is 0 Å². The lowest BCUT2D eigenvalue weighted by Gasteiger charge is -2.34. The molecule has 66 heavy (non-hydrogen) atoms. The molecule has 0 saturated carbocycles. The van der Waals surface area contributed by atoms with Crippen LogP contribution in [0.1, 0.15) is 33.6 Å². The number of anilines is 6. The fraction of sp³-hybridized carbons (Fsp3) is 0.0323. The SMILES string of the molecule is C=C/C=C(\C=C)c1ccc(-c2ccc3c(c2)Cc2cc(-c4ccc(N(c5ccccc5)c5cccc6ccccc56)cc4)ccc2N3c2ccc(C3=CCC=C(c4ccccc4)S3)cc2)s1. The second kappa shape index (κ2) is 18.1. The maximum Gasteiger partial charge on any atom is 0.0540 e. The van der Waals surface area contributed by atoms with E-state index in [1.807, 2.05) is 30.0 Å². The molecule has 3 heterocycles. The summed E-state index contributed by atoms with van der Waals surface area (Å²) in [6, 6.07) is 73.2. The summed E-state index contributed by atoms with van der Waals surface area (Å²) in [6.07, 6.45) is 12.2. The first-order valence-corrected chi connectivity index (χ1v) is 24.0. The van der Waals surface area contributed by atoms with Crippen molar-refractivity contribution in [3.63, 3.8) is 0 Å². The molecule has 0 spiro atoms. The van der Waals surface area contributed by atoms with E-state index >= 15 is 0 Å². The largest absolute Gasteiger partial charge is 0.310 e. The first-order valence-electron chi connectivity index (χ1n) is 22.4. The first-order chi connectivity index (χ1) is 32.6. The van der Waals surface area contributed by atoms with E-state index in [-0.39, 0.29) is 0 Å². The topological polar surface area (TPSA) is 6.48 Å². The van der Waals surface area contributed by atoms with Gasteiger partial charge in [0.2, 0.25) is 0 Å². The molecule has 2 aliphatic rings. The van der Waals surface area contributed by atoms with Gasteiger partial charge in [0.25, 0.3) is 0 Å². The Morgan fingerprint density at radius 1 is 0.530 bits per heavy atom. The quantitative estimate of drug-likeness (QED) is 0.120. The minimum Gasteiger partial charge on any atom is -0.310 e. The standard InChI is InChI=1S/C62H46N2S2/c1-3-15-43(4-2)61-38-39-62(66-61)49-31-37-57-51(41-49)42-50-40-48(30-36-56(50)64(57)54-34-28-47(29-35-54)60-25-14-24-59(65-60)46-17-7-5-8-18-46)44-26-32-53(33-27-44)63(52-20-9-6-10-21-52)58-23-13-19-45-16-11-12-22-55(45)58/h3-13,15-41H,1-2,14,42H2/b43-15+. The molecular formula is C62H46N2S2. The van der Waals surface area contributed by atoms with Crippen LogP contribution in [-0.4, -0.2) is 0 Å². The van der Waals surface area contributed by atoms with Gasteiger partial charge in [-0.05, 0) is 135 Å². The van der Waals surface area contributed by atoms with Crippen LogP contribution in [0.15, 0.2) is 244 Å². The summed E-state index contributed by atoms with van der Waals surface area (Å²) in [4.78, 5) is 9.84. The molecule has 0 unspecified atom stereocenters. The molecule has 316 valence electrons. The number of allylic oxidation sites excluding steroid dienone is 6. The zero-order valence-electron chi connectivity index (χ0n) is 36.5. The molecule has 1 aromatic heterocycles. The summed E-state index contributed by atoms with van der Waals surface area (Å²) >= 11 is 3.65. The molecule has 8 aromatic carbocycles. The summed E-state index contributed by atoms with van der Waals surface area (Å²) in [5.41, 5.74) is 16.7. The number of benzene rings is 8. The van der Waals surface area contributed by atoms with E-state index in [1.165, 1.54) is 80.7 Å². The van der Waals surface area contributed by atoms with Crippen LogP contribution < -0.4 is 9.80 Å². The second-order valence-electron chi connectivity index (χ2n) is 16.5. The fourth-order valence-electron chi connectivity index (χ4n) is 9.28. The average molecular weight is 883 g/mol. The third kappa shape index (κ3) is 7.96. The minimum absolute atomic E-state index is 0.826. The highest BCUT2D eigenvalue weighted by molar-refractivity contribution is 8.16. The molecule has 0 radical (unpaired) electrons. The molecule has 4 heteroatoms. The Morgan fingerprint density at radius 2 is 1.14 bits per heavy atom. The third-order valence-corrected chi connectivity index (χ3v) is 14.9. The minimum atomic E-state index is 0.826. The lowest BCUT2D eigenvalue weighted by atomic mass is 9.90. The van der Waals surface area contributed by atoms with Crippen molar-refractivity contribution in [2.45, 2.75) is 12.8 Å². The summed E-state index contributed by atoms with van der Waals surface area (Å²) in [5.74, 6) is 0. The van der Waals surface area contributed by atoms with Crippen molar-refractivity contribution in [2.75, 3.05) is 9.80 Å². The third-order valence-electron chi connectivity index (χ3n) is 12.5. The summed E-state index contributed by atoms with van der Waals surface area (Å²) in [6.45, 7) is 7.97. The van der Waals surface area contributed by atoms with E-state index < -0.39 is 0 Å². The van der Waals surface area contributed by atoms with Crippen LogP contribution in [0.3, 0.4) is 0 Å². The van der Waals surface area contributed by atoms with Crippen molar-refractivity contribution >= 4 is 83.4 Å². The molecular weight excluding hydrogens is 837 g/mol. The Morgan fingerprint density at radius 3 is 1.86 bits per heavy atom. The maximum atomic E-state index is 4.05. The molecule has 0 N–H and O–H groups in total. The van der Waals surface area contributed by atoms with Crippen LogP contribution in [-0.2, 0) is 6.42 Å². The predicted octanol–water partition coefficient (Wildman–Crippen LogP) is 18.4. The molecule has 0 amide bonds. The Bertz CT molecular complexity index is 3350. The van der Waals surface area contributed by atoms with Crippen LogP contribution in [0.2, 0.25) is 0 Å². The van der Waals surface area contributed by atoms with Crippen molar-refractivity contribution in [1.29, 1.82) is 0 Å². The lowest BCUT2D eigenvalue weighted by Crippen LogP contribution is -2.18. The smallest absolute Gasteiger partial charge is 0.0540 e. The fourth-order valence-corrected chi connectivity index (χ4v) is 11.4. The van der Waals surface area contributed by atoms with Crippen molar-refractivity contribution in [3.8, 4) is 21.6 Å². The van der Waals surface area contributed by atoms with E-state index in [9.17, 15) is 0 Å². The number of hydrogen-bond donors (Lipinski definition) is 0. The van der Waals surface area contributed by atoms with Crippen molar-refractivity contribution in [1.82, 2.24) is 0 Å². The number of thiophene rings is 1. The second-order valence-corrected chi connectivity index (χ2v) is 18.7. The van der Waals surface area contributed by atoms with Gasteiger partial charge in [-0.15, -0.1) is 11.3 Å². The van der Waals surface area contributed by atoms with Crippen molar-refractivity contribution < 1.29 is 0 Å². The Labute approximate surface area is 396 Å². The Kier molecular flexibility index (Phi) is 11.3. The Balaban J connectivity index is 0.953. The molecule has 2 nitrogen and oxygen atoms in total. The Hall–Kier alpha value is -7.63. The monoisotopic (exact) mass is 882 g/mol. The highest BCUT2D eigenvalue weighted by atomic mass is 32.2. The van der Waals surface area contributed by atoms with Gasteiger partial charge >= 0.3 is 0 Å². The number of para-hydroxylation sites is 1. The molecule has 0 saturated heterocycles. The summed E-state index contributed by atoms with van der Waals surface area (Å²) in [7, 11) is 0. The number of hydrogen-bond acceptors (Lipinski definition) is 4. The van der Waals surface area contributed by atoms with Gasteiger partial charge in [0.15, 0.2) is 0 Å². The lowest BCUT2D eigenvalue weighted by molar-refractivity contribution is 1.09. The van der Waals surface area contributed by atoms with Gasteiger partial charge in [-0.1, -0.05) is 177 Å². The highest BCUT2D eigenvalue weighted by Crippen LogP contribution is 2.49. The molecule has 2 aliphatic heterocycles. The van der Waals surface area contributed by atoms with E-state index in [0.717, 1.165) is 41.2 Å². The van der Waals surface area contributed by atoms with Gasteiger partial charge in [-0.2, -0.15) is 0 Å². The molecule has 0 aliphatic carbocycles. The zero-order valence-corrected chi connectivity index (χ0v) is 38.1. The van der Waals surface area contributed by atoms with Gasteiger partial charge in [-0.3, -0.25) is 0 Å². The molecule has 9 aromatic rings. The predicted molar refractivity (Wildman–Crippen MR) is 288 cm³/mol. The summed E-state index contributed by atoms with van der Waals surface area (Å²) < 4.78 is 0. The normalized spacial score (nSPS) is 13.3. The molecule has 0 bridgehead atoms. The van der Waals surface area contributed by atoms with Crippen LogP contribution in [0.25, 0.3) is 47.7 Å². The van der Waals surface area contributed by atoms with Crippen LogP contribution in [0.5, 0.6) is 0 Å².